The van der Waals surface area contributed by atoms with Crippen LogP contribution in [-0.4, -0.2) is 15.0 Å². The maximum atomic E-state index is 5.28. The largest absolute Gasteiger partial charge is 0.368 e. The van der Waals surface area contributed by atoms with E-state index in [0.29, 0.717) is 12.2 Å². The van der Waals surface area contributed by atoms with Crippen molar-refractivity contribution in [2.24, 2.45) is 0 Å². The van der Waals surface area contributed by atoms with Gasteiger partial charge < -0.3 is 11.5 Å². The SMILES string of the molecule is C#CCc1nc(N)nc(N)n1. The molecule has 11 heavy (non-hydrogen) atoms. The van der Waals surface area contributed by atoms with Gasteiger partial charge in [0.05, 0.1) is 6.42 Å². The first kappa shape index (κ1) is 7.28. The van der Waals surface area contributed by atoms with Crippen LogP contribution in [0.2, 0.25) is 0 Å². The van der Waals surface area contributed by atoms with E-state index in [1.807, 2.05) is 0 Å². The van der Waals surface area contributed by atoms with Crippen molar-refractivity contribution >= 4 is 11.9 Å². The fourth-order valence-corrected chi connectivity index (χ4v) is 0.627. The zero-order chi connectivity index (χ0) is 8.27. The van der Waals surface area contributed by atoms with E-state index < -0.39 is 0 Å². The molecule has 0 spiro atoms. The molecule has 1 heterocycles. The molecule has 0 atom stereocenters. The number of nitrogen functional groups attached to an aromatic ring is 2. The molecule has 5 nitrogen and oxygen atoms in total. The Morgan fingerprint density at radius 1 is 1.18 bits per heavy atom. The molecule has 0 saturated carbocycles. The van der Waals surface area contributed by atoms with Crippen molar-refractivity contribution in [1.82, 2.24) is 15.0 Å². The van der Waals surface area contributed by atoms with Gasteiger partial charge in [-0.05, 0) is 0 Å². The standard InChI is InChI=1S/C6H7N5/c1-2-3-4-9-5(7)11-6(8)10-4/h1H,3H2,(H4,7,8,9,10,11). The van der Waals surface area contributed by atoms with Crippen LogP contribution in [0.25, 0.3) is 0 Å². The molecule has 4 N–H and O–H groups in total. The van der Waals surface area contributed by atoms with Gasteiger partial charge in [0.2, 0.25) is 11.9 Å². The van der Waals surface area contributed by atoms with Crippen molar-refractivity contribution in [2.45, 2.75) is 6.42 Å². The van der Waals surface area contributed by atoms with Crippen LogP contribution in [0.3, 0.4) is 0 Å². The number of aromatic nitrogens is 3. The van der Waals surface area contributed by atoms with Gasteiger partial charge in [0.1, 0.15) is 5.82 Å². The summed E-state index contributed by atoms with van der Waals surface area (Å²) >= 11 is 0. The van der Waals surface area contributed by atoms with Crippen molar-refractivity contribution in [3.63, 3.8) is 0 Å². The van der Waals surface area contributed by atoms with E-state index in [0.717, 1.165) is 0 Å². The fraction of sp³-hybridized carbons (Fsp3) is 0.167. The summed E-state index contributed by atoms with van der Waals surface area (Å²) < 4.78 is 0. The first-order valence-electron chi connectivity index (χ1n) is 2.91. The number of rotatable bonds is 1. The minimum Gasteiger partial charge on any atom is -0.368 e. The molecule has 56 valence electrons. The lowest BCUT2D eigenvalue weighted by Gasteiger charge is -1.96. The predicted molar refractivity (Wildman–Crippen MR) is 41.2 cm³/mol. The van der Waals surface area contributed by atoms with E-state index in [1.54, 1.807) is 0 Å². The van der Waals surface area contributed by atoms with Crippen LogP contribution in [0.15, 0.2) is 0 Å². The minimum absolute atomic E-state index is 0.0998. The minimum atomic E-state index is 0.0998. The van der Waals surface area contributed by atoms with Gasteiger partial charge in [-0.3, -0.25) is 0 Å². The van der Waals surface area contributed by atoms with Crippen molar-refractivity contribution in [3.05, 3.63) is 5.82 Å². The molecule has 0 amide bonds. The Bertz CT molecular complexity index is 280. The predicted octanol–water partition coefficient (Wildman–Crippen LogP) is -0.788. The first-order valence-corrected chi connectivity index (χ1v) is 2.91. The van der Waals surface area contributed by atoms with E-state index in [2.05, 4.69) is 20.9 Å². The Morgan fingerprint density at radius 3 is 2.18 bits per heavy atom. The summed E-state index contributed by atoms with van der Waals surface area (Å²) in [5.41, 5.74) is 10.6. The summed E-state index contributed by atoms with van der Waals surface area (Å²) in [4.78, 5) is 11.1. The zero-order valence-electron chi connectivity index (χ0n) is 5.78. The van der Waals surface area contributed by atoms with Crippen LogP contribution in [0.1, 0.15) is 5.82 Å². The Kier molecular flexibility index (Phi) is 1.88. The van der Waals surface area contributed by atoms with Gasteiger partial charge in [0.15, 0.2) is 0 Å². The molecule has 0 aliphatic rings. The lowest BCUT2D eigenvalue weighted by Crippen LogP contribution is -2.06. The van der Waals surface area contributed by atoms with Gasteiger partial charge in [0, 0.05) is 0 Å². The number of nitrogens with two attached hydrogens (primary N) is 2. The van der Waals surface area contributed by atoms with Gasteiger partial charge in [0.25, 0.3) is 0 Å². The summed E-state index contributed by atoms with van der Waals surface area (Å²) in [5.74, 6) is 3.00. The Morgan fingerprint density at radius 2 is 1.73 bits per heavy atom. The molecule has 0 aromatic carbocycles. The molecule has 0 unspecified atom stereocenters. The third-order valence-electron chi connectivity index (χ3n) is 0.976. The highest BCUT2D eigenvalue weighted by Gasteiger charge is 1.98. The summed E-state index contributed by atoms with van der Waals surface area (Å²) in [5, 5.41) is 0. The average Bonchev–Trinajstić information content (AvgIpc) is 1.85. The van der Waals surface area contributed by atoms with E-state index in [-0.39, 0.29) is 11.9 Å². The maximum Gasteiger partial charge on any atom is 0.225 e. The first-order chi connectivity index (χ1) is 5.22. The molecule has 1 rings (SSSR count). The van der Waals surface area contributed by atoms with E-state index in [1.165, 1.54) is 0 Å². The quantitative estimate of drug-likeness (QED) is 0.511. The van der Waals surface area contributed by atoms with Crippen molar-refractivity contribution in [3.8, 4) is 12.3 Å². The Labute approximate surface area is 63.9 Å². The number of terminal acetylenes is 1. The van der Waals surface area contributed by atoms with Crippen molar-refractivity contribution in [1.29, 1.82) is 0 Å². The molecular weight excluding hydrogens is 142 g/mol. The van der Waals surface area contributed by atoms with Crippen LogP contribution >= 0.6 is 0 Å². The molecule has 0 aliphatic carbocycles. The smallest absolute Gasteiger partial charge is 0.225 e. The highest BCUT2D eigenvalue weighted by atomic mass is 15.1. The molecular formula is C6H7N5. The average molecular weight is 149 g/mol. The Balaban J connectivity index is 3.01. The highest BCUT2D eigenvalue weighted by Crippen LogP contribution is 1.97. The van der Waals surface area contributed by atoms with Crippen molar-refractivity contribution < 1.29 is 0 Å². The highest BCUT2D eigenvalue weighted by molar-refractivity contribution is 5.26. The third kappa shape index (κ3) is 1.79. The number of nitrogens with zero attached hydrogens (tertiary/aromatic N) is 3. The van der Waals surface area contributed by atoms with Gasteiger partial charge >= 0.3 is 0 Å². The molecule has 0 bridgehead atoms. The zero-order valence-corrected chi connectivity index (χ0v) is 5.78. The van der Waals surface area contributed by atoms with E-state index in [4.69, 9.17) is 17.9 Å². The second-order valence-corrected chi connectivity index (χ2v) is 1.85. The summed E-state index contributed by atoms with van der Waals surface area (Å²) in [7, 11) is 0. The number of anilines is 2. The van der Waals surface area contributed by atoms with Gasteiger partial charge in [-0.25, -0.2) is 0 Å². The topological polar surface area (TPSA) is 90.7 Å². The van der Waals surface area contributed by atoms with Gasteiger partial charge in [-0.1, -0.05) is 5.92 Å². The van der Waals surface area contributed by atoms with Crippen molar-refractivity contribution in [2.75, 3.05) is 11.5 Å². The maximum absolute atomic E-state index is 5.28. The molecule has 0 aliphatic heterocycles. The van der Waals surface area contributed by atoms with Crippen LogP contribution in [-0.2, 0) is 6.42 Å². The van der Waals surface area contributed by atoms with E-state index in [9.17, 15) is 0 Å². The van der Waals surface area contributed by atoms with Gasteiger partial charge in [-0.15, -0.1) is 6.42 Å². The molecule has 5 heteroatoms. The summed E-state index contributed by atoms with van der Waals surface area (Å²) in [6, 6.07) is 0. The normalized spacial score (nSPS) is 9.00. The molecule has 0 saturated heterocycles. The van der Waals surface area contributed by atoms with Crippen LogP contribution in [0, 0.1) is 12.3 Å². The molecule has 0 radical (unpaired) electrons. The van der Waals surface area contributed by atoms with Crippen LogP contribution < -0.4 is 11.5 Å². The van der Waals surface area contributed by atoms with E-state index >= 15 is 0 Å². The summed E-state index contributed by atoms with van der Waals surface area (Å²) in [6.07, 6.45) is 5.35. The van der Waals surface area contributed by atoms with Gasteiger partial charge in [-0.2, -0.15) is 15.0 Å². The monoisotopic (exact) mass is 149 g/mol. The van der Waals surface area contributed by atoms with Crippen LogP contribution in [0.5, 0.6) is 0 Å². The third-order valence-corrected chi connectivity index (χ3v) is 0.976. The van der Waals surface area contributed by atoms with Crippen LogP contribution in [0.4, 0.5) is 11.9 Å². The second-order valence-electron chi connectivity index (χ2n) is 1.85. The number of hydrogen-bond donors (Lipinski definition) is 2. The summed E-state index contributed by atoms with van der Waals surface area (Å²) in [6.45, 7) is 0. The lowest BCUT2D eigenvalue weighted by molar-refractivity contribution is 0.966. The fourth-order valence-electron chi connectivity index (χ4n) is 0.627. The molecule has 0 fully saturated rings. The molecule has 1 aromatic rings. The lowest BCUT2D eigenvalue weighted by atomic mass is 10.4. The Hall–Kier alpha value is -1.83. The second kappa shape index (κ2) is 2.84. The molecule has 1 aromatic heterocycles. The number of hydrogen-bond acceptors (Lipinski definition) is 5.